The SMILES string of the molecule is CC1=CC2O[C@@H]3C[C@H]4OC(=O)/C=C\C=C\C(=O)OCC[C@@H](C)[C@H](OCNC(=O)CNC(=O)[C@@H](NC(=O)CCCCCN)C(C)C)C(=O)OC[C@@]2(CC1)[C@]4(C)[C@]31CO1. The lowest BCUT2D eigenvalue weighted by molar-refractivity contribution is -0.235. The minimum Gasteiger partial charge on any atom is -0.463 e. The largest absolute Gasteiger partial charge is 0.463 e. The zero-order valence-corrected chi connectivity index (χ0v) is 33.8. The fourth-order valence-corrected chi connectivity index (χ4v) is 8.81. The molecule has 9 atom stereocenters. The molecule has 1 saturated carbocycles. The molecule has 3 aliphatic heterocycles. The second-order valence-corrected chi connectivity index (χ2v) is 16.5. The summed E-state index contributed by atoms with van der Waals surface area (Å²) in [5.41, 5.74) is 4.33. The Kier molecular flexibility index (Phi) is 14.7. The number of nitrogens with one attached hydrogen (secondary N) is 3. The van der Waals surface area contributed by atoms with E-state index in [0.29, 0.717) is 38.8 Å². The number of nitrogens with two attached hydrogens (primary N) is 1. The highest BCUT2D eigenvalue weighted by Crippen LogP contribution is 2.72. The smallest absolute Gasteiger partial charge is 0.335 e. The number of unbranched alkanes of at least 4 members (excludes halogenated alkanes) is 2. The fourth-order valence-electron chi connectivity index (χ4n) is 8.81. The van der Waals surface area contributed by atoms with Crippen molar-refractivity contribution in [3.8, 4) is 0 Å². The summed E-state index contributed by atoms with van der Waals surface area (Å²) in [6.45, 7) is 9.46. The average Bonchev–Trinajstić information content (AvgIpc) is 3.95. The molecule has 0 radical (unpaired) electrons. The van der Waals surface area contributed by atoms with E-state index in [4.69, 9.17) is 34.2 Å². The van der Waals surface area contributed by atoms with Crippen molar-refractivity contribution >= 4 is 35.6 Å². The molecule has 16 nitrogen and oxygen atoms in total. The lowest BCUT2D eigenvalue weighted by Gasteiger charge is -2.58. The summed E-state index contributed by atoms with van der Waals surface area (Å²) in [5, 5.41) is 7.89. The van der Waals surface area contributed by atoms with Crippen LogP contribution in [0.2, 0.25) is 0 Å². The van der Waals surface area contributed by atoms with E-state index in [9.17, 15) is 28.8 Å². The van der Waals surface area contributed by atoms with Gasteiger partial charge in [0.1, 0.15) is 31.1 Å². The number of carbonyl (C=O) groups excluding carboxylic acids is 6. The highest BCUT2D eigenvalue weighted by Gasteiger charge is 2.83. The van der Waals surface area contributed by atoms with Crippen molar-refractivity contribution in [3.63, 3.8) is 0 Å². The molecule has 2 aliphatic carbocycles. The lowest BCUT2D eigenvalue weighted by atomic mass is 9.51. The molecule has 3 amide bonds. The Morgan fingerprint density at radius 1 is 0.982 bits per heavy atom. The van der Waals surface area contributed by atoms with Crippen LogP contribution in [0.3, 0.4) is 0 Å². The molecule has 5 N–H and O–H groups in total. The first kappa shape index (κ1) is 44.0. The van der Waals surface area contributed by atoms with E-state index in [1.54, 1.807) is 20.8 Å². The van der Waals surface area contributed by atoms with Crippen LogP contribution in [0.5, 0.6) is 0 Å². The van der Waals surface area contributed by atoms with Crippen LogP contribution in [0.1, 0.15) is 86.0 Å². The Balaban J connectivity index is 1.27. The van der Waals surface area contributed by atoms with Crippen molar-refractivity contribution in [1.29, 1.82) is 0 Å². The molecule has 57 heavy (non-hydrogen) atoms. The Morgan fingerprint density at radius 3 is 2.42 bits per heavy atom. The molecule has 2 spiro atoms. The van der Waals surface area contributed by atoms with Crippen LogP contribution < -0.4 is 21.7 Å². The predicted molar refractivity (Wildman–Crippen MR) is 205 cm³/mol. The van der Waals surface area contributed by atoms with Gasteiger partial charge in [-0.2, -0.15) is 0 Å². The van der Waals surface area contributed by atoms with Crippen LogP contribution in [0.4, 0.5) is 0 Å². The van der Waals surface area contributed by atoms with E-state index in [1.807, 2.05) is 13.8 Å². The summed E-state index contributed by atoms with van der Waals surface area (Å²) in [6.07, 6.45) is 9.21. The highest BCUT2D eigenvalue weighted by atomic mass is 16.6. The highest BCUT2D eigenvalue weighted by molar-refractivity contribution is 5.90. The van der Waals surface area contributed by atoms with Gasteiger partial charge in [-0.05, 0) is 57.4 Å². The number of hydrogen-bond donors (Lipinski definition) is 4. The van der Waals surface area contributed by atoms with E-state index in [2.05, 4.69) is 22.0 Å². The molecule has 2 saturated heterocycles. The van der Waals surface area contributed by atoms with Crippen molar-refractivity contribution in [2.24, 2.45) is 28.4 Å². The predicted octanol–water partition coefficient (Wildman–Crippen LogP) is 2.04. The van der Waals surface area contributed by atoms with Crippen LogP contribution in [-0.4, -0.2) is 111 Å². The van der Waals surface area contributed by atoms with Crippen LogP contribution in [0.25, 0.3) is 0 Å². The summed E-state index contributed by atoms with van der Waals surface area (Å²) < 4.78 is 36.5. The van der Waals surface area contributed by atoms with Gasteiger partial charge in [0.2, 0.25) is 17.7 Å². The van der Waals surface area contributed by atoms with E-state index in [-0.39, 0.29) is 44.0 Å². The topological polar surface area (TPSA) is 223 Å². The first-order valence-corrected chi connectivity index (χ1v) is 20.2. The number of allylic oxidation sites excluding steroid dienone is 3. The van der Waals surface area contributed by atoms with Crippen molar-refractivity contribution < 1.29 is 57.2 Å². The molecule has 3 fully saturated rings. The van der Waals surface area contributed by atoms with Gasteiger partial charge in [0.05, 0.1) is 37.4 Å². The molecule has 316 valence electrons. The molecule has 5 aliphatic rings. The maximum Gasteiger partial charge on any atom is 0.335 e. The molecule has 0 aromatic heterocycles. The number of hydrogen-bond acceptors (Lipinski definition) is 13. The third-order valence-electron chi connectivity index (χ3n) is 12.4. The van der Waals surface area contributed by atoms with Gasteiger partial charge in [0, 0.05) is 30.4 Å². The zero-order valence-electron chi connectivity index (χ0n) is 33.8. The van der Waals surface area contributed by atoms with Gasteiger partial charge in [-0.25, -0.2) is 14.4 Å². The summed E-state index contributed by atoms with van der Waals surface area (Å²) >= 11 is 0. The zero-order chi connectivity index (χ0) is 41.4. The molecule has 0 aromatic carbocycles. The minimum absolute atomic E-state index is 0.0478. The summed E-state index contributed by atoms with van der Waals surface area (Å²) in [7, 11) is 0. The van der Waals surface area contributed by atoms with Crippen molar-refractivity contribution in [2.45, 2.75) is 122 Å². The first-order chi connectivity index (χ1) is 27.2. The average molecular weight is 801 g/mol. The Morgan fingerprint density at radius 2 is 1.72 bits per heavy atom. The van der Waals surface area contributed by atoms with Crippen LogP contribution in [0.15, 0.2) is 36.0 Å². The minimum atomic E-state index is -1.19. The standard InChI is InChI=1S/C41H60N4O12/c1-25(2)35(45-31(46)11-7-6-10-17-42)37(50)43-21-32(47)44-24-54-36-27(4)15-18-52-33(48)12-8-9-13-34(49)57-28-20-30-41(23-55-41)39(28,5)40(22-53-38(36)51)16-14-26(3)19-29(40)56-30/h8-9,12-13,19,25,27-30,35-36H,6-7,10-11,14-18,20-24,42H2,1-5H3,(H,43,50)(H,44,47)(H,45,46)/b12-8+,13-9-/t27-,28-,29?,30-,35+,36+,39-,40-,41+/m1/s1. The molecule has 2 bridgehead atoms. The second kappa shape index (κ2) is 19.1. The van der Waals surface area contributed by atoms with Crippen molar-refractivity contribution in [1.82, 2.24) is 16.0 Å². The van der Waals surface area contributed by atoms with Crippen LogP contribution in [-0.2, 0) is 57.2 Å². The summed E-state index contributed by atoms with van der Waals surface area (Å²) in [4.78, 5) is 77.8. The van der Waals surface area contributed by atoms with Crippen LogP contribution >= 0.6 is 0 Å². The summed E-state index contributed by atoms with van der Waals surface area (Å²) in [5.74, 6) is -4.03. The third-order valence-corrected chi connectivity index (χ3v) is 12.4. The van der Waals surface area contributed by atoms with E-state index >= 15 is 0 Å². The Labute approximate surface area is 334 Å². The Hall–Kier alpha value is -4.12. The molecular formula is C41H60N4O12. The number of epoxide rings is 1. The van der Waals surface area contributed by atoms with E-state index in [0.717, 1.165) is 18.4 Å². The number of ether oxygens (including phenoxy) is 6. The molecule has 16 heteroatoms. The monoisotopic (exact) mass is 800 g/mol. The molecule has 1 unspecified atom stereocenters. The van der Waals surface area contributed by atoms with E-state index in [1.165, 1.54) is 24.3 Å². The number of amides is 3. The quantitative estimate of drug-likeness (QED) is 0.0524. The summed E-state index contributed by atoms with van der Waals surface area (Å²) in [6, 6.07) is -0.835. The molecule has 3 heterocycles. The van der Waals surface area contributed by atoms with Gasteiger partial charge in [-0.1, -0.05) is 57.9 Å². The van der Waals surface area contributed by atoms with Crippen molar-refractivity contribution in [3.05, 3.63) is 36.0 Å². The second-order valence-electron chi connectivity index (χ2n) is 16.5. The van der Waals surface area contributed by atoms with E-state index < -0.39 is 89.7 Å². The van der Waals surface area contributed by atoms with Gasteiger partial charge < -0.3 is 50.1 Å². The normalized spacial score (nSPS) is 34.3. The van der Waals surface area contributed by atoms with Gasteiger partial charge in [0.15, 0.2) is 6.10 Å². The van der Waals surface area contributed by atoms with Crippen LogP contribution in [0, 0.1) is 22.7 Å². The first-order valence-electron chi connectivity index (χ1n) is 20.2. The van der Waals surface area contributed by atoms with Gasteiger partial charge >= 0.3 is 17.9 Å². The maximum absolute atomic E-state index is 14.1. The fraction of sp³-hybridized carbons (Fsp3) is 0.707. The van der Waals surface area contributed by atoms with Gasteiger partial charge in [0.25, 0.3) is 0 Å². The third kappa shape index (κ3) is 9.78. The Bertz CT molecular complexity index is 1610. The number of rotatable bonds is 13. The molecule has 0 aromatic rings. The molecule has 5 rings (SSSR count). The lowest BCUT2D eigenvalue weighted by Crippen LogP contribution is -2.67. The maximum atomic E-state index is 14.1. The van der Waals surface area contributed by atoms with Crippen molar-refractivity contribution in [2.75, 3.05) is 39.6 Å². The number of carbonyl (C=O) groups is 6. The van der Waals surface area contributed by atoms with Gasteiger partial charge in [-0.3, -0.25) is 14.4 Å². The number of esters is 3. The number of cyclic esters (lactones) is 2. The molecular weight excluding hydrogens is 740 g/mol. The van der Waals surface area contributed by atoms with Gasteiger partial charge in [-0.15, -0.1) is 0 Å².